The van der Waals surface area contributed by atoms with E-state index in [0.717, 1.165) is 24.3 Å². The van der Waals surface area contributed by atoms with E-state index in [0.29, 0.717) is 13.1 Å². The standard InChI is InChI=1S/C14H20N4O/c1-3-6-15-13-10-12(5-7-16-13)11-18-9-8-17(4-2)14(18)19/h5,7-10H,3-4,6,11H2,1-2H3,(H,15,16). The number of hydrogen-bond donors (Lipinski definition) is 1. The molecule has 0 aliphatic carbocycles. The maximum absolute atomic E-state index is 12.0. The maximum Gasteiger partial charge on any atom is 0.328 e. The topological polar surface area (TPSA) is 51.9 Å². The fourth-order valence-electron chi connectivity index (χ4n) is 1.93. The van der Waals surface area contributed by atoms with Gasteiger partial charge < -0.3 is 5.32 Å². The first-order valence-electron chi connectivity index (χ1n) is 6.69. The molecule has 0 atom stereocenters. The summed E-state index contributed by atoms with van der Waals surface area (Å²) in [6.45, 7) is 6.26. The van der Waals surface area contributed by atoms with Gasteiger partial charge in [-0.3, -0.25) is 9.13 Å². The molecule has 0 aliphatic rings. The number of rotatable bonds is 6. The Morgan fingerprint density at radius 3 is 2.74 bits per heavy atom. The van der Waals surface area contributed by atoms with Crippen molar-refractivity contribution < 1.29 is 0 Å². The van der Waals surface area contributed by atoms with Crippen molar-refractivity contribution in [1.29, 1.82) is 0 Å². The van der Waals surface area contributed by atoms with Crippen LogP contribution in [0.1, 0.15) is 25.8 Å². The molecule has 0 aromatic carbocycles. The van der Waals surface area contributed by atoms with E-state index in [1.807, 2.05) is 31.5 Å². The van der Waals surface area contributed by atoms with E-state index in [9.17, 15) is 4.79 Å². The van der Waals surface area contributed by atoms with Gasteiger partial charge in [0.05, 0.1) is 6.54 Å². The van der Waals surface area contributed by atoms with Gasteiger partial charge in [-0.05, 0) is 31.0 Å². The zero-order valence-electron chi connectivity index (χ0n) is 11.5. The normalized spacial score (nSPS) is 10.6. The molecule has 0 bridgehead atoms. The van der Waals surface area contributed by atoms with Crippen molar-refractivity contribution in [2.24, 2.45) is 0 Å². The molecule has 0 saturated carbocycles. The van der Waals surface area contributed by atoms with Crippen molar-refractivity contribution in [3.05, 3.63) is 46.8 Å². The zero-order valence-corrected chi connectivity index (χ0v) is 11.5. The Morgan fingerprint density at radius 1 is 1.26 bits per heavy atom. The summed E-state index contributed by atoms with van der Waals surface area (Å²) >= 11 is 0. The summed E-state index contributed by atoms with van der Waals surface area (Å²) in [6.07, 6.45) is 6.48. The highest BCUT2D eigenvalue weighted by molar-refractivity contribution is 5.37. The van der Waals surface area contributed by atoms with E-state index in [1.54, 1.807) is 15.3 Å². The molecule has 0 spiro atoms. The number of pyridine rings is 1. The zero-order chi connectivity index (χ0) is 13.7. The molecule has 0 amide bonds. The third kappa shape index (κ3) is 3.24. The van der Waals surface area contributed by atoms with Gasteiger partial charge in [0.15, 0.2) is 0 Å². The molecule has 19 heavy (non-hydrogen) atoms. The second-order valence-corrected chi connectivity index (χ2v) is 4.47. The van der Waals surface area contributed by atoms with Crippen LogP contribution in [0.5, 0.6) is 0 Å². The van der Waals surface area contributed by atoms with Gasteiger partial charge in [0.25, 0.3) is 0 Å². The fraction of sp³-hybridized carbons (Fsp3) is 0.429. The van der Waals surface area contributed by atoms with Crippen LogP contribution in [0.2, 0.25) is 0 Å². The monoisotopic (exact) mass is 260 g/mol. The lowest BCUT2D eigenvalue weighted by molar-refractivity contribution is 0.668. The summed E-state index contributed by atoms with van der Waals surface area (Å²) in [5.74, 6) is 0.863. The minimum atomic E-state index is 0.0300. The summed E-state index contributed by atoms with van der Waals surface area (Å²) in [6, 6.07) is 3.93. The minimum Gasteiger partial charge on any atom is -0.370 e. The molecule has 0 aliphatic heterocycles. The van der Waals surface area contributed by atoms with Gasteiger partial charge in [-0.25, -0.2) is 9.78 Å². The summed E-state index contributed by atoms with van der Waals surface area (Å²) in [7, 11) is 0. The Kier molecular flexibility index (Phi) is 4.39. The summed E-state index contributed by atoms with van der Waals surface area (Å²) in [4.78, 5) is 16.2. The second kappa shape index (κ2) is 6.22. The van der Waals surface area contributed by atoms with E-state index in [4.69, 9.17) is 0 Å². The molecule has 1 N–H and O–H groups in total. The van der Waals surface area contributed by atoms with Crippen LogP contribution in [0.4, 0.5) is 5.82 Å². The third-order valence-corrected chi connectivity index (χ3v) is 2.99. The van der Waals surface area contributed by atoms with Crippen molar-refractivity contribution in [1.82, 2.24) is 14.1 Å². The Balaban J connectivity index is 2.14. The highest BCUT2D eigenvalue weighted by Crippen LogP contribution is 2.08. The van der Waals surface area contributed by atoms with Gasteiger partial charge in [0.1, 0.15) is 5.82 Å². The summed E-state index contributed by atoms with van der Waals surface area (Å²) < 4.78 is 3.40. The van der Waals surface area contributed by atoms with Gasteiger partial charge in [-0.15, -0.1) is 0 Å². The van der Waals surface area contributed by atoms with E-state index >= 15 is 0 Å². The molecule has 0 radical (unpaired) electrons. The largest absolute Gasteiger partial charge is 0.370 e. The summed E-state index contributed by atoms with van der Waals surface area (Å²) in [5, 5.41) is 3.25. The smallest absolute Gasteiger partial charge is 0.328 e. The Bertz CT molecular complexity index is 585. The lowest BCUT2D eigenvalue weighted by Gasteiger charge is -2.06. The van der Waals surface area contributed by atoms with Crippen LogP contribution in [0.25, 0.3) is 0 Å². The van der Waals surface area contributed by atoms with Crippen LogP contribution in [0.15, 0.2) is 35.5 Å². The van der Waals surface area contributed by atoms with Gasteiger partial charge in [0, 0.05) is 31.7 Å². The van der Waals surface area contributed by atoms with Gasteiger partial charge in [-0.2, -0.15) is 0 Å². The number of hydrogen-bond acceptors (Lipinski definition) is 3. The van der Waals surface area contributed by atoms with Crippen LogP contribution >= 0.6 is 0 Å². The molecule has 0 fully saturated rings. The molecule has 0 saturated heterocycles. The molecule has 2 heterocycles. The van der Waals surface area contributed by atoms with Gasteiger partial charge in [0.2, 0.25) is 0 Å². The first-order chi connectivity index (χ1) is 9.24. The van der Waals surface area contributed by atoms with Crippen LogP contribution in [0, 0.1) is 0 Å². The van der Waals surface area contributed by atoms with Crippen LogP contribution in [-0.2, 0) is 13.1 Å². The van der Waals surface area contributed by atoms with Crippen molar-refractivity contribution in [2.75, 3.05) is 11.9 Å². The molecule has 5 heteroatoms. The Labute approximate surface area is 112 Å². The average Bonchev–Trinajstić information content (AvgIpc) is 2.78. The Morgan fingerprint density at radius 2 is 2.05 bits per heavy atom. The first-order valence-corrected chi connectivity index (χ1v) is 6.69. The highest BCUT2D eigenvalue weighted by Gasteiger charge is 2.03. The molecule has 102 valence electrons. The maximum atomic E-state index is 12.0. The molecule has 2 rings (SSSR count). The van der Waals surface area contributed by atoms with E-state index in [1.165, 1.54) is 0 Å². The van der Waals surface area contributed by atoms with E-state index < -0.39 is 0 Å². The minimum absolute atomic E-state index is 0.0300. The van der Waals surface area contributed by atoms with Crippen LogP contribution in [0.3, 0.4) is 0 Å². The Hall–Kier alpha value is -2.04. The quantitative estimate of drug-likeness (QED) is 0.863. The SMILES string of the molecule is CCCNc1cc(Cn2ccn(CC)c2=O)ccn1. The lowest BCUT2D eigenvalue weighted by Crippen LogP contribution is -2.23. The number of nitrogens with one attached hydrogen (secondary N) is 1. The number of aryl methyl sites for hydroxylation is 1. The summed E-state index contributed by atoms with van der Waals surface area (Å²) in [5.41, 5.74) is 1.10. The van der Waals surface area contributed by atoms with E-state index in [2.05, 4.69) is 17.2 Å². The second-order valence-electron chi connectivity index (χ2n) is 4.47. The first kappa shape index (κ1) is 13.4. The molecular weight excluding hydrogens is 240 g/mol. The molecule has 2 aromatic rings. The molecule has 5 nitrogen and oxygen atoms in total. The predicted octanol–water partition coefficient (Wildman–Crippen LogP) is 1.93. The molecule has 0 unspecified atom stereocenters. The number of imidazole rings is 1. The predicted molar refractivity (Wildman–Crippen MR) is 76.5 cm³/mol. The number of aromatic nitrogens is 3. The molecular formula is C14H20N4O. The number of nitrogens with zero attached hydrogens (tertiary/aromatic N) is 3. The molecule has 2 aromatic heterocycles. The lowest BCUT2D eigenvalue weighted by atomic mass is 10.2. The van der Waals surface area contributed by atoms with Crippen molar-refractivity contribution in [3.8, 4) is 0 Å². The van der Waals surface area contributed by atoms with Gasteiger partial charge >= 0.3 is 5.69 Å². The average molecular weight is 260 g/mol. The number of anilines is 1. The highest BCUT2D eigenvalue weighted by atomic mass is 16.1. The van der Waals surface area contributed by atoms with E-state index in [-0.39, 0.29) is 5.69 Å². The van der Waals surface area contributed by atoms with Gasteiger partial charge in [-0.1, -0.05) is 6.92 Å². The van der Waals surface area contributed by atoms with Crippen LogP contribution in [-0.4, -0.2) is 20.7 Å². The third-order valence-electron chi connectivity index (χ3n) is 2.99. The van der Waals surface area contributed by atoms with Crippen LogP contribution < -0.4 is 11.0 Å². The van der Waals surface area contributed by atoms with Crippen molar-refractivity contribution >= 4 is 5.82 Å². The fourth-order valence-corrected chi connectivity index (χ4v) is 1.93. The van der Waals surface area contributed by atoms with Crippen molar-refractivity contribution in [3.63, 3.8) is 0 Å². The van der Waals surface area contributed by atoms with Crippen molar-refractivity contribution in [2.45, 2.75) is 33.4 Å².